The van der Waals surface area contributed by atoms with E-state index in [0.717, 1.165) is 0 Å². The van der Waals surface area contributed by atoms with Gasteiger partial charge in [-0.05, 0) is 26.3 Å². The van der Waals surface area contributed by atoms with Crippen molar-refractivity contribution in [3.8, 4) is 0 Å². The highest BCUT2D eigenvalue weighted by molar-refractivity contribution is 5.90. The van der Waals surface area contributed by atoms with Crippen molar-refractivity contribution in [3.05, 3.63) is 35.9 Å². The smallest absolute Gasteiger partial charge is 0.451 e. The predicted octanol–water partition coefficient (Wildman–Crippen LogP) is 2.80. The summed E-state index contributed by atoms with van der Waals surface area (Å²) >= 11 is 0. The van der Waals surface area contributed by atoms with Gasteiger partial charge in [-0.1, -0.05) is 30.3 Å². The van der Waals surface area contributed by atoms with Crippen LogP contribution in [-0.2, 0) is 25.5 Å². The van der Waals surface area contributed by atoms with E-state index in [4.69, 9.17) is 4.74 Å². The number of Topliss-reactive ketones (excluding diaryl/α,β-unsaturated/α-hetero) is 1. The quantitative estimate of drug-likeness (QED) is 0.774. The molecule has 0 radical (unpaired) electrons. The number of amides is 1. The summed E-state index contributed by atoms with van der Waals surface area (Å²) < 4.78 is 45.5. The second-order valence-corrected chi connectivity index (χ2v) is 6.43. The van der Waals surface area contributed by atoms with Crippen LogP contribution in [0.1, 0.15) is 26.3 Å². The van der Waals surface area contributed by atoms with Crippen molar-refractivity contribution in [2.45, 2.75) is 45.0 Å². The molecule has 0 aliphatic rings. The van der Waals surface area contributed by atoms with Crippen molar-refractivity contribution in [1.82, 2.24) is 5.32 Å². The van der Waals surface area contributed by atoms with E-state index < -0.39 is 42.3 Å². The zero-order valence-corrected chi connectivity index (χ0v) is 14.6. The van der Waals surface area contributed by atoms with Gasteiger partial charge in [0.1, 0.15) is 5.60 Å². The van der Waals surface area contributed by atoms with Gasteiger partial charge in [-0.15, -0.1) is 0 Å². The SMILES string of the molecule is CC(C)(C)OC(=O)N[C@@H](Cc1ccccc1)C(=O)COC(=O)C(F)(F)F. The number of alkyl carbamates (subject to hydrolysis) is 1. The molecule has 0 heterocycles. The van der Waals surface area contributed by atoms with Gasteiger partial charge < -0.3 is 14.8 Å². The maximum Gasteiger partial charge on any atom is 0.490 e. The highest BCUT2D eigenvalue weighted by Crippen LogP contribution is 2.16. The largest absolute Gasteiger partial charge is 0.490 e. The summed E-state index contributed by atoms with van der Waals surface area (Å²) in [6.45, 7) is 3.73. The number of carbonyl (C=O) groups excluding carboxylic acids is 3. The number of ether oxygens (including phenoxy) is 2. The number of benzene rings is 1. The van der Waals surface area contributed by atoms with E-state index in [1.165, 1.54) is 0 Å². The van der Waals surface area contributed by atoms with Gasteiger partial charge in [0.2, 0.25) is 0 Å². The van der Waals surface area contributed by atoms with Crippen LogP contribution in [0, 0.1) is 0 Å². The molecule has 26 heavy (non-hydrogen) atoms. The Balaban J connectivity index is 2.80. The van der Waals surface area contributed by atoms with Crippen LogP contribution in [0.3, 0.4) is 0 Å². The average Bonchev–Trinajstić information content (AvgIpc) is 2.49. The second-order valence-electron chi connectivity index (χ2n) is 6.43. The third kappa shape index (κ3) is 8.00. The van der Waals surface area contributed by atoms with Gasteiger partial charge in [0.15, 0.2) is 12.4 Å². The van der Waals surface area contributed by atoms with Gasteiger partial charge in [-0.3, -0.25) is 4.79 Å². The summed E-state index contributed by atoms with van der Waals surface area (Å²) in [5, 5.41) is 2.30. The fourth-order valence-corrected chi connectivity index (χ4v) is 1.86. The number of ketones is 1. The van der Waals surface area contributed by atoms with Crippen molar-refractivity contribution >= 4 is 17.8 Å². The Morgan fingerprint density at radius 2 is 1.65 bits per heavy atom. The zero-order chi connectivity index (χ0) is 20.0. The van der Waals surface area contributed by atoms with E-state index in [9.17, 15) is 27.6 Å². The Morgan fingerprint density at radius 3 is 2.15 bits per heavy atom. The van der Waals surface area contributed by atoms with E-state index in [-0.39, 0.29) is 6.42 Å². The zero-order valence-electron chi connectivity index (χ0n) is 14.6. The van der Waals surface area contributed by atoms with E-state index in [2.05, 4.69) is 10.1 Å². The minimum atomic E-state index is -5.20. The van der Waals surface area contributed by atoms with Crippen molar-refractivity contribution in [2.75, 3.05) is 6.61 Å². The number of nitrogens with one attached hydrogen (secondary N) is 1. The molecule has 1 aromatic rings. The standard InChI is InChI=1S/C17H20F3NO5/c1-16(2,3)26-15(24)21-12(9-11-7-5-4-6-8-11)13(22)10-25-14(23)17(18,19)20/h4-8,12H,9-10H2,1-3H3,(H,21,24)/t12-/m0/s1. The molecule has 1 rings (SSSR count). The molecule has 0 spiro atoms. The minimum absolute atomic E-state index is 0.00246. The average molecular weight is 375 g/mol. The molecule has 0 fully saturated rings. The van der Waals surface area contributed by atoms with Gasteiger partial charge in [0.05, 0.1) is 6.04 Å². The Hall–Kier alpha value is -2.58. The molecule has 0 unspecified atom stereocenters. The van der Waals surface area contributed by atoms with Crippen molar-refractivity contribution in [3.63, 3.8) is 0 Å². The summed E-state index contributed by atoms with van der Waals surface area (Å²) in [6, 6.07) is 7.29. The summed E-state index contributed by atoms with van der Waals surface area (Å²) in [6.07, 6.45) is -6.11. The first-order chi connectivity index (χ1) is 11.9. The van der Waals surface area contributed by atoms with Gasteiger partial charge in [-0.2, -0.15) is 13.2 Å². The monoisotopic (exact) mass is 375 g/mol. The maximum absolute atomic E-state index is 12.2. The fraction of sp³-hybridized carbons (Fsp3) is 0.471. The number of rotatable bonds is 6. The fourth-order valence-electron chi connectivity index (χ4n) is 1.86. The number of hydrogen-bond acceptors (Lipinski definition) is 5. The van der Waals surface area contributed by atoms with Crippen LogP contribution in [0.4, 0.5) is 18.0 Å². The molecule has 144 valence electrons. The predicted molar refractivity (Wildman–Crippen MR) is 85.3 cm³/mol. The van der Waals surface area contributed by atoms with E-state index in [1.54, 1.807) is 51.1 Å². The molecule has 1 amide bonds. The lowest BCUT2D eigenvalue weighted by Crippen LogP contribution is -2.46. The number of hydrogen-bond donors (Lipinski definition) is 1. The lowest BCUT2D eigenvalue weighted by Gasteiger charge is -2.23. The lowest BCUT2D eigenvalue weighted by atomic mass is 10.0. The highest BCUT2D eigenvalue weighted by Gasteiger charge is 2.41. The van der Waals surface area contributed by atoms with Crippen LogP contribution >= 0.6 is 0 Å². The highest BCUT2D eigenvalue weighted by atomic mass is 19.4. The topological polar surface area (TPSA) is 81.7 Å². The minimum Gasteiger partial charge on any atom is -0.451 e. The summed E-state index contributed by atoms with van der Waals surface area (Å²) in [5.74, 6) is -3.36. The number of alkyl halides is 3. The third-order valence-corrected chi connectivity index (χ3v) is 2.94. The third-order valence-electron chi connectivity index (χ3n) is 2.94. The molecule has 6 nitrogen and oxygen atoms in total. The molecule has 0 aliphatic carbocycles. The summed E-state index contributed by atoms with van der Waals surface area (Å²) in [7, 11) is 0. The first-order valence-electron chi connectivity index (χ1n) is 7.68. The second kappa shape index (κ2) is 8.68. The van der Waals surface area contributed by atoms with E-state index >= 15 is 0 Å². The van der Waals surface area contributed by atoms with E-state index in [1.807, 2.05) is 0 Å². The van der Waals surface area contributed by atoms with Crippen LogP contribution < -0.4 is 5.32 Å². The number of halogens is 3. The molecule has 1 aromatic carbocycles. The molecule has 1 N–H and O–H groups in total. The lowest BCUT2D eigenvalue weighted by molar-refractivity contribution is -0.199. The normalized spacial score (nSPS) is 12.8. The maximum atomic E-state index is 12.2. The Labute approximate surface area is 148 Å². The molecule has 0 saturated heterocycles. The Morgan fingerprint density at radius 1 is 1.08 bits per heavy atom. The van der Waals surface area contributed by atoms with Crippen molar-refractivity contribution in [1.29, 1.82) is 0 Å². The van der Waals surface area contributed by atoms with Gasteiger partial charge in [0, 0.05) is 6.42 Å². The first-order valence-corrected chi connectivity index (χ1v) is 7.68. The molecular formula is C17H20F3NO5. The summed E-state index contributed by atoms with van der Waals surface area (Å²) in [4.78, 5) is 34.8. The first kappa shape index (κ1) is 21.5. The van der Waals surface area contributed by atoms with Crippen LogP contribution in [0.15, 0.2) is 30.3 Å². The Bertz CT molecular complexity index is 638. The Kier molecular flexibility index (Phi) is 7.17. The van der Waals surface area contributed by atoms with Crippen LogP contribution in [0.5, 0.6) is 0 Å². The van der Waals surface area contributed by atoms with Gasteiger partial charge in [0.25, 0.3) is 0 Å². The number of carbonyl (C=O) groups is 3. The molecule has 0 aliphatic heterocycles. The van der Waals surface area contributed by atoms with Gasteiger partial charge >= 0.3 is 18.2 Å². The van der Waals surface area contributed by atoms with Crippen molar-refractivity contribution in [2.24, 2.45) is 0 Å². The van der Waals surface area contributed by atoms with E-state index in [0.29, 0.717) is 5.56 Å². The molecule has 0 bridgehead atoms. The van der Waals surface area contributed by atoms with Crippen LogP contribution in [-0.4, -0.2) is 42.3 Å². The molecule has 1 atom stereocenters. The number of esters is 1. The van der Waals surface area contributed by atoms with Crippen LogP contribution in [0.25, 0.3) is 0 Å². The van der Waals surface area contributed by atoms with Gasteiger partial charge in [-0.25, -0.2) is 9.59 Å². The molecule has 9 heteroatoms. The molecular weight excluding hydrogens is 355 g/mol. The van der Waals surface area contributed by atoms with Crippen LogP contribution in [0.2, 0.25) is 0 Å². The summed E-state index contributed by atoms with van der Waals surface area (Å²) in [5.41, 5.74) is -0.170. The van der Waals surface area contributed by atoms with Crippen molar-refractivity contribution < 1.29 is 37.0 Å². The molecule has 0 aromatic heterocycles. The molecule has 0 saturated carbocycles.